The Kier molecular flexibility index (Phi) is 9.85. The zero-order valence-electron chi connectivity index (χ0n) is 18.3. The van der Waals surface area contributed by atoms with Crippen molar-refractivity contribution in [1.82, 2.24) is 0 Å². The smallest absolute Gasteiger partial charge is 0.303 e. The summed E-state index contributed by atoms with van der Waals surface area (Å²) < 4.78 is 37.2. The molecule has 31 heavy (non-hydrogen) atoms. The second kappa shape index (κ2) is 11.6. The first-order valence-corrected chi connectivity index (χ1v) is 9.40. The highest BCUT2D eigenvalue weighted by atomic mass is 16.7. The zero-order valence-corrected chi connectivity index (χ0v) is 18.3. The lowest BCUT2D eigenvalue weighted by Crippen LogP contribution is -2.68. The van der Waals surface area contributed by atoms with E-state index >= 15 is 0 Å². The van der Waals surface area contributed by atoms with Crippen molar-refractivity contribution in [3.8, 4) is 0 Å². The summed E-state index contributed by atoms with van der Waals surface area (Å²) >= 11 is 0. The highest BCUT2D eigenvalue weighted by molar-refractivity contribution is 5.69. The van der Waals surface area contributed by atoms with E-state index in [4.69, 9.17) is 33.2 Å². The third-order valence-corrected chi connectivity index (χ3v) is 4.22. The van der Waals surface area contributed by atoms with Crippen LogP contribution < -0.4 is 0 Å². The number of carbonyl (C=O) groups excluding carboxylic acids is 5. The van der Waals surface area contributed by atoms with Crippen molar-refractivity contribution in [2.75, 3.05) is 20.3 Å². The van der Waals surface area contributed by atoms with Crippen molar-refractivity contribution in [1.29, 1.82) is 0 Å². The summed E-state index contributed by atoms with van der Waals surface area (Å²) in [5, 5.41) is 0. The van der Waals surface area contributed by atoms with E-state index in [1.807, 2.05) is 0 Å². The van der Waals surface area contributed by atoms with Gasteiger partial charge in [0.2, 0.25) is 0 Å². The normalized spacial score (nSPS) is 26.2. The van der Waals surface area contributed by atoms with E-state index in [2.05, 4.69) is 0 Å². The summed E-state index contributed by atoms with van der Waals surface area (Å²) in [5.41, 5.74) is -1.89. The van der Waals surface area contributed by atoms with E-state index < -0.39 is 66.7 Å². The van der Waals surface area contributed by atoms with Crippen LogP contribution >= 0.6 is 0 Å². The van der Waals surface area contributed by atoms with Crippen LogP contribution in [0, 0.1) is 0 Å². The Hall–Kier alpha value is -2.73. The first kappa shape index (κ1) is 26.3. The average Bonchev–Trinajstić information content (AvgIpc) is 2.63. The molecule has 1 aliphatic heterocycles. The van der Waals surface area contributed by atoms with Crippen molar-refractivity contribution in [2.45, 2.75) is 71.2 Å². The highest BCUT2D eigenvalue weighted by Gasteiger charge is 2.61. The number of methoxy groups -OCH3 is 1. The summed E-state index contributed by atoms with van der Waals surface area (Å²) in [6.07, 6.45) is -5.25. The predicted octanol–water partition coefficient (Wildman–Crippen LogP) is 0.0393. The maximum Gasteiger partial charge on any atom is 0.303 e. The summed E-state index contributed by atoms with van der Waals surface area (Å²) in [5.74, 6) is -3.62. The van der Waals surface area contributed by atoms with E-state index in [0.29, 0.717) is 0 Å². The number of rotatable bonds is 9. The van der Waals surface area contributed by atoms with Gasteiger partial charge in [0, 0.05) is 48.1 Å². The van der Waals surface area contributed by atoms with Crippen LogP contribution in [0.2, 0.25) is 0 Å². The van der Waals surface area contributed by atoms with E-state index in [0.717, 1.165) is 27.7 Å². The first-order valence-electron chi connectivity index (χ1n) is 9.40. The van der Waals surface area contributed by atoms with Gasteiger partial charge < -0.3 is 33.2 Å². The van der Waals surface area contributed by atoms with Crippen LogP contribution in [0.15, 0.2) is 0 Å². The fourth-order valence-corrected chi connectivity index (χ4v) is 3.25. The van der Waals surface area contributed by atoms with Crippen LogP contribution in [0.5, 0.6) is 0 Å². The standard InChI is InChI=1S/C19H28O12/c1-10(20)26-8-15-7-19(31-14(5)24,16(28-12(3)22)9-27-11(2)21)17(29-13(4)23)18(25-6)30-15/h15-18H,7-9H2,1-6H3/t15-,16-,17-,18-,19+/m0/s1. The Morgan fingerprint density at radius 2 is 1.52 bits per heavy atom. The molecule has 12 heteroatoms. The third kappa shape index (κ3) is 7.79. The molecular formula is C19H28O12. The number of hydrogen-bond acceptors (Lipinski definition) is 12. The Bertz CT molecular complexity index is 689. The quantitative estimate of drug-likeness (QED) is 0.346. The molecule has 0 aromatic rings. The van der Waals surface area contributed by atoms with Gasteiger partial charge in [-0.3, -0.25) is 24.0 Å². The molecule has 0 saturated carbocycles. The Morgan fingerprint density at radius 1 is 0.903 bits per heavy atom. The monoisotopic (exact) mass is 448 g/mol. The van der Waals surface area contributed by atoms with Crippen LogP contribution in [0.1, 0.15) is 41.0 Å². The molecule has 0 aliphatic carbocycles. The zero-order chi connectivity index (χ0) is 23.8. The highest BCUT2D eigenvalue weighted by Crippen LogP contribution is 2.40. The second-order valence-electron chi connectivity index (χ2n) is 6.85. The maximum atomic E-state index is 12.1. The van der Waals surface area contributed by atoms with Crippen LogP contribution in [0.25, 0.3) is 0 Å². The fourth-order valence-electron chi connectivity index (χ4n) is 3.25. The molecule has 1 heterocycles. The Balaban J connectivity index is 3.55. The van der Waals surface area contributed by atoms with Crippen molar-refractivity contribution in [3.05, 3.63) is 0 Å². The second-order valence-corrected chi connectivity index (χ2v) is 6.85. The van der Waals surface area contributed by atoms with E-state index in [1.165, 1.54) is 14.0 Å². The Morgan fingerprint density at radius 3 is 1.97 bits per heavy atom. The molecule has 0 bridgehead atoms. The summed E-state index contributed by atoms with van der Waals surface area (Å²) in [4.78, 5) is 58.3. The molecule has 1 saturated heterocycles. The van der Waals surface area contributed by atoms with Gasteiger partial charge in [-0.2, -0.15) is 0 Å². The molecule has 0 unspecified atom stereocenters. The minimum Gasteiger partial charge on any atom is -0.463 e. The molecule has 1 aliphatic rings. The lowest BCUT2D eigenvalue weighted by molar-refractivity contribution is -0.317. The number of carbonyl (C=O) groups is 5. The first-order chi connectivity index (χ1) is 14.4. The topological polar surface area (TPSA) is 150 Å². The van der Waals surface area contributed by atoms with Crippen LogP contribution in [-0.2, 0) is 57.1 Å². The molecule has 0 spiro atoms. The molecule has 5 atom stereocenters. The van der Waals surface area contributed by atoms with Gasteiger partial charge in [-0.15, -0.1) is 0 Å². The lowest BCUT2D eigenvalue weighted by Gasteiger charge is -2.49. The SMILES string of the molecule is CO[C@H]1O[C@H](COC(C)=O)C[C@@](OC(C)=O)([C@H](COC(C)=O)OC(C)=O)[C@H]1OC(C)=O. The largest absolute Gasteiger partial charge is 0.463 e. The third-order valence-electron chi connectivity index (χ3n) is 4.22. The molecule has 12 nitrogen and oxygen atoms in total. The molecule has 0 aromatic heterocycles. The molecule has 176 valence electrons. The van der Waals surface area contributed by atoms with Crippen molar-refractivity contribution in [2.24, 2.45) is 0 Å². The van der Waals surface area contributed by atoms with Gasteiger partial charge in [-0.1, -0.05) is 0 Å². The van der Waals surface area contributed by atoms with Gasteiger partial charge in [-0.25, -0.2) is 0 Å². The van der Waals surface area contributed by atoms with Crippen molar-refractivity contribution < 1.29 is 57.1 Å². The van der Waals surface area contributed by atoms with Gasteiger partial charge in [0.1, 0.15) is 13.2 Å². The maximum absolute atomic E-state index is 12.1. The van der Waals surface area contributed by atoms with Crippen LogP contribution in [0.3, 0.4) is 0 Å². The number of ether oxygens (including phenoxy) is 7. The van der Waals surface area contributed by atoms with Gasteiger partial charge in [0.15, 0.2) is 24.1 Å². The molecule has 1 fully saturated rings. The van der Waals surface area contributed by atoms with Crippen molar-refractivity contribution in [3.63, 3.8) is 0 Å². The predicted molar refractivity (Wildman–Crippen MR) is 99.2 cm³/mol. The fraction of sp³-hybridized carbons (Fsp3) is 0.737. The molecule has 1 rings (SSSR count). The Labute approximate surface area is 179 Å². The number of esters is 5. The van der Waals surface area contributed by atoms with Crippen LogP contribution in [-0.4, -0.2) is 80.4 Å². The summed E-state index contributed by atoms with van der Waals surface area (Å²) in [6.45, 7) is 4.87. The number of hydrogen-bond donors (Lipinski definition) is 0. The van der Waals surface area contributed by atoms with E-state index in [1.54, 1.807) is 0 Å². The van der Waals surface area contributed by atoms with E-state index in [-0.39, 0.29) is 13.0 Å². The average molecular weight is 448 g/mol. The van der Waals surface area contributed by atoms with E-state index in [9.17, 15) is 24.0 Å². The van der Waals surface area contributed by atoms with Crippen LogP contribution in [0.4, 0.5) is 0 Å². The lowest BCUT2D eigenvalue weighted by atomic mass is 9.81. The summed E-state index contributed by atoms with van der Waals surface area (Å²) in [7, 11) is 1.25. The molecule has 0 amide bonds. The van der Waals surface area contributed by atoms with Crippen molar-refractivity contribution >= 4 is 29.8 Å². The van der Waals surface area contributed by atoms with Gasteiger partial charge in [0.05, 0.1) is 6.10 Å². The molecular weight excluding hydrogens is 420 g/mol. The van der Waals surface area contributed by atoms with Gasteiger partial charge in [-0.05, 0) is 0 Å². The minimum absolute atomic E-state index is 0.239. The van der Waals surface area contributed by atoms with Gasteiger partial charge >= 0.3 is 29.8 Å². The molecule has 0 aromatic carbocycles. The summed E-state index contributed by atoms with van der Waals surface area (Å²) in [6, 6.07) is 0. The molecule has 0 N–H and O–H groups in total. The minimum atomic E-state index is -1.89. The molecule has 0 radical (unpaired) electrons. The van der Waals surface area contributed by atoms with Gasteiger partial charge in [0.25, 0.3) is 0 Å².